The molecule has 0 saturated heterocycles. The fraction of sp³-hybridized carbons (Fsp3) is 0.647. The lowest BCUT2D eigenvalue weighted by Crippen LogP contribution is -1.97. The van der Waals surface area contributed by atoms with Crippen molar-refractivity contribution in [2.45, 2.75) is 59.3 Å². The summed E-state index contributed by atoms with van der Waals surface area (Å²) in [6, 6.07) is 10.5. The quantitative estimate of drug-likeness (QED) is 0.359. The molecule has 0 N–H and O–H groups in total. The highest BCUT2D eigenvalue weighted by Crippen LogP contribution is 2.11. The number of hydrogen-bond acceptors (Lipinski definition) is 2. The van der Waals surface area contributed by atoms with Crippen LogP contribution in [0.4, 0.5) is 0 Å². The van der Waals surface area contributed by atoms with Gasteiger partial charge in [-0.3, -0.25) is 0 Å². The van der Waals surface area contributed by atoms with Gasteiger partial charge in [0.2, 0.25) is 0 Å². The summed E-state index contributed by atoms with van der Waals surface area (Å²) >= 11 is 0. The van der Waals surface area contributed by atoms with Crippen LogP contribution in [-0.4, -0.2) is 13.2 Å². The molecule has 0 saturated carbocycles. The molecule has 1 aromatic carbocycles. The molecule has 0 fully saturated rings. The van der Waals surface area contributed by atoms with Gasteiger partial charge in [0, 0.05) is 0 Å². The first-order valence-corrected chi connectivity index (χ1v) is 7.51. The number of hydrogen-bond donors (Lipinski definition) is 0. The topological polar surface area (TPSA) is 18.5 Å². The van der Waals surface area contributed by atoms with Gasteiger partial charge >= 0.3 is 0 Å². The minimum absolute atomic E-state index is 0.659. The maximum atomic E-state index is 4.88. The van der Waals surface area contributed by atoms with E-state index in [1.807, 2.05) is 6.07 Å². The predicted molar refractivity (Wildman–Crippen MR) is 82.3 cm³/mol. The van der Waals surface area contributed by atoms with Crippen molar-refractivity contribution >= 4 is 0 Å². The van der Waals surface area contributed by atoms with Crippen molar-refractivity contribution < 1.29 is 9.78 Å². The third-order valence-electron chi connectivity index (χ3n) is 2.71. The van der Waals surface area contributed by atoms with Crippen LogP contribution in [0.25, 0.3) is 0 Å². The van der Waals surface area contributed by atoms with E-state index in [4.69, 9.17) is 9.78 Å². The Bertz CT molecular complexity index is 262. The van der Waals surface area contributed by atoms with Crippen LogP contribution in [0.15, 0.2) is 30.3 Å². The van der Waals surface area contributed by atoms with Crippen molar-refractivity contribution in [2.75, 3.05) is 13.2 Å². The number of rotatable bonds is 8. The summed E-state index contributed by atoms with van der Waals surface area (Å²) in [5, 5.41) is 0. The van der Waals surface area contributed by atoms with Gasteiger partial charge in [-0.2, -0.15) is 0 Å². The molecule has 0 bridgehead atoms. The van der Waals surface area contributed by atoms with Gasteiger partial charge in [-0.1, -0.05) is 70.9 Å². The first-order valence-electron chi connectivity index (χ1n) is 7.51. The summed E-state index contributed by atoms with van der Waals surface area (Å²) in [6.07, 6.45) is 4.51. The Morgan fingerprint density at radius 1 is 0.842 bits per heavy atom. The molecule has 0 spiro atoms. The fourth-order valence-corrected chi connectivity index (χ4v) is 1.36. The van der Waals surface area contributed by atoms with Crippen molar-refractivity contribution in [3.8, 4) is 0 Å². The maximum absolute atomic E-state index is 4.88. The first-order chi connectivity index (χ1) is 9.22. The van der Waals surface area contributed by atoms with Gasteiger partial charge in [-0.05, 0) is 24.3 Å². The molecule has 1 aromatic rings. The van der Waals surface area contributed by atoms with E-state index in [2.05, 4.69) is 52.0 Å². The normalized spacial score (nSPS) is 10.2. The Morgan fingerprint density at radius 2 is 1.32 bits per heavy atom. The van der Waals surface area contributed by atoms with Crippen LogP contribution in [0.3, 0.4) is 0 Å². The second-order valence-corrected chi connectivity index (χ2v) is 4.92. The second kappa shape index (κ2) is 13.6. The van der Waals surface area contributed by atoms with E-state index in [0.717, 1.165) is 38.9 Å². The van der Waals surface area contributed by atoms with Gasteiger partial charge in [0.1, 0.15) is 0 Å². The van der Waals surface area contributed by atoms with Crippen molar-refractivity contribution in [3.05, 3.63) is 35.9 Å². The molecule has 19 heavy (non-hydrogen) atoms. The average molecular weight is 266 g/mol. The van der Waals surface area contributed by atoms with Crippen molar-refractivity contribution in [1.82, 2.24) is 0 Å². The van der Waals surface area contributed by atoms with Crippen LogP contribution in [0.1, 0.15) is 64.9 Å². The van der Waals surface area contributed by atoms with Crippen molar-refractivity contribution in [1.29, 1.82) is 0 Å². The zero-order valence-electron chi connectivity index (χ0n) is 13.0. The fourth-order valence-electron chi connectivity index (χ4n) is 1.36. The zero-order valence-corrected chi connectivity index (χ0v) is 13.0. The standard InChI is InChI=1S/C9H12.C8H18O2/c1-8(2)9-6-4-3-5-7-9;1-3-5-7-9-10-8-6-4-2/h3-8H,1-2H3;3-8H2,1-2H3. The minimum atomic E-state index is 0.659. The van der Waals surface area contributed by atoms with Crippen LogP contribution >= 0.6 is 0 Å². The first kappa shape index (κ1) is 18.1. The summed E-state index contributed by atoms with van der Waals surface area (Å²) in [5.74, 6) is 0.659. The Balaban J connectivity index is 0.000000342. The molecule has 0 unspecified atom stereocenters. The summed E-state index contributed by atoms with van der Waals surface area (Å²) in [5.41, 5.74) is 1.41. The molecular weight excluding hydrogens is 236 g/mol. The highest BCUT2D eigenvalue weighted by molar-refractivity contribution is 5.17. The third kappa shape index (κ3) is 11.9. The van der Waals surface area contributed by atoms with Crippen LogP contribution < -0.4 is 0 Å². The number of benzene rings is 1. The van der Waals surface area contributed by atoms with E-state index in [-0.39, 0.29) is 0 Å². The lowest BCUT2D eigenvalue weighted by Gasteiger charge is -2.01. The molecule has 0 heterocycles. The van der Waals surface area contributed by atoms with E-state index in [1.165, 1.54) is 5.56 Å². The molecular formula is C17H30O2. The molecule has 0 aromatic heterocycles. The second-order valence-electron chi connectivity index (χ2n) is 4.92. The largest absolute Gasteiger partial charge is 0.237 e. The predicted octanol–water partition coefficient (Wildman–Crippen LogP) is 5.34. The Hall–Kier alpha value is -0.860. The van der Waals surface area contributed by atoms with Crippen LogP contribution in [0, 0.1) is 0 Å². The van der Waals surface area contributed by atoms with E-state index in [9.17, 15) is 0 Å². The zero-order chi connectivity index (χ0) is 14.3. The van der Waals surface area contributed by atoms with Gasteiger partial charge in [-0.25, -0.2) is 9.78 Å². The molecule has 0 aliphatic carbocycles. The molecule has 0 amide bonds. The lowest BCUT2D eigenvalue weighted by atomic mass is 10.0. The van der Waals surface area contributed by atoms with E-state index < -0.39 is 0 Å². The van der Waals surface area contributed by atoms with Crippen LogP contribution in [-0.2, 0) is 9.78 Å². The molecule has 0 radical (unpaired) electrons. The molecule has 0 aliphatic heterocycles. The van der Waals surface area contributed by atoms with Gasteiger partial charge in [0.05, 0.1) is 13.2 Å². The molecule has 0 aliphatic rings. The Morgan fingerprint density at radius 3 is 1.63 bits per heavy atom. The number of unbranched alkanes of at least 4 members (excludes halogenated alkanes) is 2. The van der Waals surface area contributed by atoms with Crippen molar-refractivity contribution in [2.24, 2.45) is 0 Å². The Labute approximate surface area is 119 Å². The average Bonchev–Trinajstić information content (AvgIpc) is 2.44. The minimum Gasteiger partial charge on any atom is -0.237 e. The van der Waals surface area contributed by atoms with E-state index in [1.54, 1.807) is 0 Å². The highest BCUT2D eigenvalue weighted by atomic mass is 17.2. The molecule has 110 valence electrons. The SMILES string of the molecule is CC(C)c1ccccc1.CCCCOOCCCC. The van der Waals surface area contributed by atoms with Gasteiger partial charge < -0.3 is 0 Å². The van der Waals surface area contributed by atoms with E-state index in [0.29, 0.717) is 5.92 Å². The molecule has 2 nitrogen and oxygen atoms in total. The lowest BCUT2D eigenvalue weighted by molar-refractivity contribution is -0.295. The summed E-state index contributed by atoms with van der Waals surface area (Å²) in [7, 11) is 0. The van der Waals surface area contributed by atoms with Gasteiger partial charge in [0.25, 0.3) is 0 Å². The molecule has 0 atom stereocenters. The summed E-state index contributed by atoms with van der Waals surface area (Å²) in [6.45, 7) is 10.1. The van der Waals surface area contributed by atoms with Crippen LogP contribution in [0.2, 0.25) is 0 Å². The third-order valence-corrected chi connectivity index (χ3v) is 2.71. The van der Waals surface area contributed by atoms with E-state index >= 15 is 0 Å². The molecule has 2 heteroatoms. The Kier molecular flexibility index (Phi) is 13.0. The van der Waals surface area contributed by atoms with Crippen LogP contribution in [0.5, 0.6) is 0 Å². The highest BCUT2D eigenvalue weighted by Gasteiger charge is 1.93. The monoisotopic (exact) mass is 266 g/mol. The maximum Gasteiger partial charge on any atom is 0.0822 e. The summed E-state index contributed by atoms with van der Waals surface area (Å²) < 4.78 is 0. The smallest absolute Gasteiger partial charge is 0.0822 e. The van der Waals surface area contributed by atoms with Gasteiger partial charge in [0.15, 0.2) is 0 Å². The summed E-state index contributed by atoms with van der Waals surface area (Å²) in [4.78, 5) is 9.75. The van der Waals surface area contributed by atoms with Gasteiger partial charge in [-0.15, -0.1) is 0 Å². The molecule has 1 rings (SSSR count). The van der Waals surface area contributed by atoms with Crippen molar-refractivity contribution in [3.63, 3.8) is 0 Å².